The van der Waals surface area contributed by atoms with Crippen molar-refractivity contribution in [1.29, 1.82) is 0 Å². The molecule has 1 aromatic carbocycles. The minimum absolute atomic E-state index is 0.109. The molecule has 0 saturated heterocycles. The maximum Gasteiger partial charge on any atom is 0.326 e. The van der Waals surface area contributed by atoms with Crippen molar-refractivity contribution in [3.8, 4) is 0 Å². The second-order valence-corrected chi connectivity index (χ2v) is 7.28. The number of aliphatic carboxylic acids is 1. The molecule has 126 valence electrons. The maximum absolute atomic E-state index is 12.0. The maximum atomic E-state index is 12.0. The second kappa shape index (κ2) is 7.73. The number of primary amides is 1. The average molecular weight is 342 g/mol. The van der Waals surface area contributed by atoms with Crippen LogP contribution in [-0.4, -0.2) is 43.6 Å². The van der Waals surface area contributed by atoms with Gasteiger partial charge < -0.3 is 16.2 Å². The van der Waals surface area contributed by atoms with Crippen molar-refractivity contribution in [2.75, 3.05) is 6.26 Å². The van der Waals surface area contributed by atoms with Crippen molar-refractivity contribution in [2.24, 2.45) is 5.73 Å². The molecule has 0 spiro atoms. The van der Waals surface area contributed by atoms with Gasteiger partial charge in [-0.1, -0.05) is 12.1 Å². The Morgan fingerprint density at radius 3 is 2.22 bits per heavy atom. The molecule has 0 radical (unpaired) electrons. The van der Waals surface area contributed by atoms with E-state index in [9.17, 15) is 22.8 Å². The number of carboxylic acids is 1. The number of carbonyl (C=O) groups is 3. The van der Waals surface area contributed by atoms with Gasteiger partial charge in [0.25, 0.3) is 5.91 Å². The van der Waals surface area contributed by atoms with E-state index in [-0.39, 0.29) is 24.2 Å². The smallest absolute Gasteiger partial charge is 0.326 e. The molecule has 0 aliphatic carbocycles. The molecule has 0 aromatic heterocycles. The summed E-state index contributed by atoms with van der Waals surface area (Å²) in [5.74, 6) is -2.71. The SMILES string of the molecule is CS(=O)(=O)Cc1ccc(C(=O)NC(CCC(N)=O)C(=O)O)cc1. The molecule has 0 bridgehead atoms. The molecule has 0 aliphatic heterocycles. The molecular weight excluding hydrogens is 324 g/mol. The molecule has 0 aliphatic rings. The van der Waals surface area contributed by atoms with E-state index in [4.69, 9.17) is 10.8 Å². The van der Waals surface area contributed by atoms with E-state index in [0.29, 0.717) is 5.56 Å². The van der Waals surface area contributed by atoms with E-state index >= 15 is 0 Å². The minimum atomic E-state index is -3.18. The molecule has 9 heteroatoms. The topological polar surface area (TPSA) is 144 Å². The van der Waals surface area contributed by atoms with Crippen LogP contribution >= 0.6 is 0 Å². The number of hydrogen-bond donors (Lipinski definition) is 3. The Bertz CT molecular complexity index is 696. The summed E-state index contributed by atoms with van der Waals surface area (Å²) >= 11 is 0. The molecule has 1 unspecified atom stereocenters. The third kappa shape index (κ3) is 6.92. The van der Waals surface area contributed by atoms with Crippen LogP contribution in [0.2, 0.25) is 0 Å². The van der Waals surface area contributed by atoms with Gasteiger partial charge in [-0.3, -0.25) is 9.59 Å². The minimum Gasteiger partial charge on any atom is -0.480 e. The van der Waals surface area contributed by atoms with Gasteiger partial charge in [0.1, 0.15) is 6.04 Å². The lowest BCUT2D eigenvalue weighted by Crippen LogP contribution is -2.41. The quantitative estimate of drug-likeness (QED) is 0.590. The Morgan fingerprint density at radius 2 is 1.78 bits per heavy atom. The van der Waals surface area contributed by atoms with Gasteiger partial charge in [-0.15, -0.1) is 0 Å². The fourth-order valence-electron chi connectivity index (χ4n) is 1.84. The Balaban J connectivity index is 2.75. The number of benzene rings is 1. The zero-order chi connectivity index (χ0) is 17.6. The zero-order valence-corrected chi connectivity index (χ0v) is 13.3. The van der Waals surface area contributed by atoms with Crippen molar-refractivity contribution in [3.63, 3.8) is 0 Å². The molecule has 0 fully saturated rings. The number of amides is 2. The molecular formula is C14H18N2O6S. The predicted octanol–water partition coefficient (Wildman–Crippen LogP) is -0.320. The fraction of sp³-hybridized carbons (Fsp3) is 0.357. The van der Waals surface area contributed by atoms with E-state index in [2.05, 4.69) is 5.32 Å². The number of carbonyl (C=O) groups excluding carboxylic acids is 2. The molecule has 0 saturated carbocycles. The lowest BCUT2D eigenvalue weighted by Gasteiger charge is -2.13. The summed E-state index contributed by atoms with van der Waals surface area (Å²) in [5, 5.41) is 11.3. The lowest BCUT2D eigenvalue weighted by molar-refractivity contribution is -0.139. The standard InChI is InChI=1S/C14H18N2O6S/c1-23(21,22)8-9-2-4-10(5-3-9)13(18)16-11(14(19)20)6-7-12(15)17/h2-5,11H,6-8H2,1H3,(H2,15,17)(H,16,18)(H,19,20). The molecule has 2 amide bonds. The molecule has 1 rings (SSSR count). The highest BCUT2D eigenvalue weighted by Gasteiger charge is 2.21. The van der Waals surface area contributed by atoms with Gasteiger partial charge in [0.15, 0.2) is 9.84 Å². The van der Waals surface area contributed by atoms with Crippen molar-refractivity contribution in [3.05, 3.63) is 35.4 Å². The summed E-state index contributed by atoms with van der Waals surface area (Å²) in [6.07, 6.45) is 0.830. The highest BCUT2D eigenvalue weighted by molar-refractivity contribution is 7.89. The molecule has 23 heavy (non-hydrogen) atoms. The average Bonchev–Trinajstić information content (AvgIpc) is 2.41. The van der Waals surface area contributed by atoms with Gasteiger partial charge in [0.05, 0.1) is 5.75 Å². The van der Waals surface area contributed by atoms with Crippen LogP contribution in [0.15, 0.2) is 24.3 Å². The summed E-state index contributed by atoms with van der Waals surface area (Å²) < 4.78 is 22.4. The third-order valence-corrected chi connectivity index (χ3v) is 3.79. The molecule has 8 nitrogen and oxygen atoms in total. The predicted molar refractivity (Wildman–Crippen MR) is 82.3 cm³/mol. The number of rotatable bonds is 8. The Hall–Kier alpha value is -2.42. The second-order valence-electron chi connectivity index (χ2n) is 5.14. The normalized spacial score (nSPS) is 12.4. The first-order chi connectivity index (χ1) is 10.6. The number of nitrogens with one attached hydrogen (secondary N) is 1. The van der Waals surface area contributed by atoms with Gasteiger partial charge in [-0.2, -0.15) is 0 Å². The van der Waals surface area contributed by atoms with E-state index in [1.807, 2.05) is 0 Å². The van der Waals surface area contributed by atoms with E-state index < -0.39 is 33.7 Å². The van der Waals surface area contributed by atoms with Gasteiger partial charge in [-0.05, 0) is 24.1 Å². The van der Waals surface area contributed by atoms with E-state index in [1.54, 1.807) is 0 Å². The number of hydrogen-bond acceptors (Lipinski definition) is 5. The number of nitrogens with two attached hydrogens (primary N) is 1. The highest BCUT2D eigenvalue weighted by Crippen LogP contribution is 2.09. The van der Waals surface area contributed by atoms with Crippen LogP contribution in [0.4, 0.5) is 0 Å². The Kier molecular flexibility index (Phi) is 6.26. The van der Waals surface area contributed by atoms with Gasteiger partial charge in [-0.25, -0.2) is 13.2 Å². The van der Waals surface area contributed by atoms with Crippen LogP contribution < -0.4 is 11.1 Å². The van der Waals surface area contributed by atoms with Crippen molar-refractivity contribution in [2.45, 2.75) is 24.6 Å². The number of sulfone groups is 1. The van der Waals surface area contributed by atoms with Crippen LogP contribution in [0.25, 0.3) is 0 Å². The first-order valence-electron chi connectivity index (χ1n) is 6.67. The monoisotopic (exact) mass is 342 g/mol. The Labute approximate surface area is 133 Å². The molecule has 4 N–H and O–H groups in total. The van der Waals surface area contributed by atoms with Crippen LogP contribution in [0.5, 0.6) is 0 Å². The van der Waals surface area contributed by atoms with Gasteiger partial charge in [0, 0.05) is 18.2 Å². The van der Waals surface area contributed by atoms with Crippen LogP contribution in [0.1, 0.15) is 28.8 Å². The number of carboxylic acid groups (broad SMARTS) is 1. The summed E-state index contributed by atoms with van der Waals surface area (Å²) in [5.41, 5.74) is 5.66. The molecule has 0 heterocycles. The van der Waals surface area contributed by atoms with Crippen molar-refractivity contribution < 1.29 is 27.9 Å². The van der Waals surface area contributed by atoms with Gasteiger partial charge in [0.2, 0.25) is 5.91 Å². The summed E-state index contributed by atoms with van der Waals surface area (Å²) in [4.78, 5) is 33.7. The van der Waals surface area contributed by atoms with Crippen LogP contribution in [0.3, 0.4) is 0 Å². The fourth-order valence-corrected chi connectivity index (χ4v) is 2.64. The molecule has 1 atom stereocenters. The summed E-state index contributed by atoms with van der Waals surface area (Å²) in [6.45, 7) is 0. The van der Waals surface area contributed by atoms with Crippen LogP contribution in [-0.2, 0) is 25.2 Å². The van der Waals surface area contributed by atoms with Crippen LogP contribution in [0, 0.1) is 0 Å². The van der Waals surface area contributed by atoms with Crippen molar-refractivity contribution in [1.82, 2.24) is 5.32 Å². The third-order valence-electron chi connectivity index (χ3n) is 2.93. The molecule has 1 aromatic rings. The lowest BCUT2D eigenvalue weighted by atomic mass is 10.1. The van der Waals surface area contributed by atoms with Gasteiger partial charge >= 0.3 is 5.97 Å². The van der Waals surface area contributed by atoms with Crippen molar-refractivity contribution >= 4 is 27.6 Å². The highest BCUT2D eigenvalue weighted by atomic mass is 32.2. The largest absolute Gasteiger partial charge is 0.480 e. The van der Waals surface area contributed by atoms with E-state index in [1.165, 1.54) is 24.3 Å². The zero-order valence-electron chi connectivity index (χ0n) is 12.5. The summed E-state index contributed by atoms with van der Waals surface area (Å²) in [6, 6.07) is 4.54. The van der Waals surface area contributed by atoms with E-state index in [0.717, 1.165) is 6.26 Å². The summed E-state index contributed by atoms with van der Waals surface area (Å²) in [7, 11) is -3.18. The first kappa shape index (κ1) is 18.6. The first-order valence-corrected chi connectivity index (χ1v) is 8.73. The Morgan fingerprint density at radius 1 is 1.22 bits per heavy atom.